The molecule has 0 saturated carbocycles. The molecular formula is C6H7FN2O. The summed E-state index contributed by atoms with van der Waals surface area (Å²) in [6.45, 7) is 0.308. The molecule has 1 heterocycles. The van der Waals surface area contributed by atoms with E-state index in [1.807, 2.05) is 0 Å². The van der Waals surface area contributed by atoms with Gasteiger partial charge in [0.15, 0.2) is 0 Å². The van der Waals surface area contributed by atoms with Crippen LogP contribution < -0.4 is 11.1 Å². The van der Waals surface area contributed by atoms with Gasteiger partial charge < -0.3 is 11.1 Å². The van der Waals surface area contributed by atoms with Crippen molar-refractivity contribution in [3.63, 3.8) is 0 Å². The van der Waals surface area contributed by atoms with Gasteiger partial charge in [0, 0.05) is 18.3 Å². The second kappa shape index (κ2) is 2.51. The number of carbonyl (C=O) groups excluding carboxylic acids is 1. The first-order valence-electron chi connectivity index (χ1n) is 2.79. The van der Waals surface area contributed by atoms with E-state index in [4.69, 9.17) is 5.73 Å². The molecule has 1 aliphatic heterocycles. The topological polar surface area (TPSA) is 55.1 Å². The SMILES string of the molecule is NC(=O)C1=CC(F)=CNC1. The third kappa shape index (κ3) is 1.34. The van der Waals surface area contributed by atoms with E-state index in [-0.39, 0.29) is 5.57 Å². The highest BCUT2D eigenvalue weighted by molar-refractivity contribution is 5.93. The van der Waals surface area contributed by atoms with Crippen LogP contribution in [0.25, 0.3) is 0 Å². The van der Waals surface area contributed by atoms with Crippen LogP contribution in [0.2, 0.25) is 0 Å². The van der Waals surface area contributed by atoms with Crippen molar-refractivity contribution in [1.29, 1.82) is 0 Å². The molecule has 0 aliphatic carbocycles. The molecule has 0 atom stereocenters. The van der Waals surface area contributed by atoms with Crippen LogP contribution in [0.5, 0.6) is 0 Å². The molecule has 10 heavy (non-hydrogen) atoms. The number of nitrogens with one attached hydrogen (secondary N) is 1. The van der Waals surface area contributed by atoms with Crippen LogP contribution in [0.15, 0.2) is 23.7 Å². The van der Waals surface area contributed by atoms with E-state index >= 15 is 0 Å². The molecule has 3 N–H and O–H groups in total. The van der Waals surface area contributed by atoms with Crippen LogP contribution in [0, 0.1) is 0 Å². The molecule has 1 aliphatic rings. The summed E-state index contributed by atoms with van der Waals surface area (Å²) in [5, 5.41) is 2.56. The summed E-state index contributed by atoms with van der Waals surface area (Å²) in [5.41, 5.74) is 5.15. The zero-order chi connectivity index (χ0) is 7.56. The highest BCUT2D eigenvalue weighted by atomic mass is 19.1. The van der Waals surface area contributed by atoms with Crippen molar-refractivity contribution in [3.8, 4) is 0 Å². The van der Waals surface area contributed by atoms with Crippen LogP contribution in [-0.4, -0.2) is 12.5 Å². The van der Waals surface area contributed by atoms with Crippen molar-refractivity contribution in [2.75, 3.05) is 6.54 Å². The highest BCUT2D eigenvalue weighted by Crippen LogP contribution is 2.06. The van der Waals surface area contributed by atoms with Crippen molar-refractivity contribution in [3.05, 3.63) is 23.7 Å². The van der Waals surface area contributed by atoms with Gasteiger partial charge in [0.2, 0.25) is 5.91 Å². The minimum absolute atomic E-state index is 0.264. The van der Waals surface area contributed by atoms with Gasteiger partial charge >= 0.3 is 0 Å². The number of hydrogen-bond donors (Lipinski definition) is 2. The predicted molar refractivity (Wildman–Crippen MR) is 34.5 cm³/mol. The van der Waals surface area contributed by atoms with Crippen molar-refractivity contribution in [2.24, 2.45) is 5.73 Å². The van der Waals surface area contributed by atoms with E-state index in [1.54, 1.807) is 0 Å². The Labute approximate surface area is 57.4 Å². The smallest absolute Gasteiger partial charge is 0.246 e. The average Bonchev–Trinajstić information content (AvgIpc) is 1.88. The number of primary amides is 1. The van der Waals surface area contributed by atoms with E-state index in [9.17, 15) is 9.18 Å². The van der Waals surface area contributed by atoms with Gasteiger partial charge in [-0.1, -0.05) is 0 Å². The molecule has 0 aromatic carbocycles. The summed E-state index contributed by atoms with van der Waals surface area (Å²) < 4.78 is 12.3. The van der Waals surface area contributed by atoms with Crippen LogP contribution in [-0.2, 0) is 4.79 Å². The zero-order valence-corrected chi connectivity index (χ0v) is 5.23. The quantitative estimate of drug-likeness (QED) is 0.533. The molecular weight excluding hydrogens is 135 g/mol. The minimum Gasteiger partial charge on any atom is -0.384 e. The number of carbonyl (C=O) groups is 1. The third-order valence-corrected chi connectivity index (χ3v) is 1.16. The fourth-order valence-corrected chi connectivity index (χ4v) is 0.676. The summed E-state index contributed by atoms with van der Waals surface area (Å²) in [5.74, 6) is -1.06. The summed E-state index contributed by atoms with van der Waals surface area (Å²) >= 11 is 0. The Morgan fingerprint density at radius 3 is 2.90 bits per heavy atom. The molecule has 0 aromatic heterocycles. The number of nitrogens with two attached hydrogens (primary N) is 1. The van der Waals surface area contributed by atoms with Gasteiger partial charge in [-0.05, 0) is 6.08 Å². The molecule has 54 valence electrons. The number of amides is 1. The molecule has 4 heteroatoms. The number of halogens is 1. The maximum atomic E-state index is 12.3. The van der Waals surface area contributed by atoms with Crippen molar-refractivity contribution >= 4 is 5.91 Å². The molecule has 0 radical (unpaired) electrons. The number of dihydropyridines is 1. The summed E-state index contributed by atoms with van der Waals surface area (Å²) in [7, 11) is 0. The fraction of sp³-hybridized carbons (Fsp3) is 0.167. The minimum atomic E-state index is -0.587. The van der Waals surface area contributed by atoms with E-state index in [2.05, 4.69) is 5.32 Å². The Kier molecular flexibility index (Phi) is 1.71. The zero-order valence-electron chi connectivity index (χ0n) is 5.23. The lowest BCUT2D eigenvalue weighted by Crippen LogP contribution is -2.24. The molecule has 0 spiro atoms. The molecule has 0 fully saturated rings. The van der Waals surface area contributed by atoms with Crippen molar-refractivity contribution in [2.45, 2.75) is 0 Å². The van der Waals surface area contributed by atoms with Crippen molar-refractivity contribution in [1.82, 2.24) is 5.32 Å². The lowest BCUT2D eigenvalue weighted by Gasteiger charge is -2.07. The molecule has 3 nitrogen and oxygen atoms in total. The monoisotopic (exact) mass is 142 g/mol. The fourth-order valence-electron chi connectivity index (χ4n) is 0.676. The lowest BCUT2D eigenvalue weighted by atomic mass is 10.2. The van der Waals surface area contributed by atoms with E-state index < -0.39 is 11.7 Å². The molecule has 0 aromatic rings. The van der Waals surface area contributed by atoms with Gasteiger partial charge in [0.25, 0.3) is 0 Å². The van der Waals surface area contributed by atoms with E-state index in [0.717, 1.165) is 6.08 Å². The Balaban J connectivity index is 2.78. The van der Waals surface area contributed by atoms with Crippen LogP contribution in [0.3, 0.4) is 0 Å². The largest absolute Gasteiger partial charge is 0.384 e. The van der Waals surface area contributed by atoms with Gasteiger partial charge in [0.05, 0.1) is 0 Å². The molecule has 1 rings (SSSR count). The van der Waals surface area contributed by atoms with Gasteiger partial charge in [-0.25, -0.2) is 4.39 Å². The first-order chi connectivity index (χ1) is 4.70. The van der Waals surface area contributed by atoms with Crippen LogP contribution in [0.1, 0.15) is 0 Å². The number of hydrogen-bond acceptors (Lipinski definition) is 2. The highest BCUT2D eigenvalue weighted by Gasteiger charge is 2.08. The second-order valence-corrected chi connectivity index (χ2v) is 1.94. The average molecular weight is 142 g/mol. The first kappa shape index (κ1) is 6.80. The van der Waals surface area contributed by atoms with Gasteiger partial charge in [-0.2, -0.15) is 0 Å². The van der Waals surface area contributed by atoms with E-state index in [0.29, 0.717) is 6.54 Å². The standard InChI is InChI=1S/C6H7FN2O/c7-5-1-4(6(8)10)2-9-3-5/h1,3,9H,2H2,(H2,8,10). The molecule has 0 unspecified atom stereocenters. The van der Waals surface area contributed by atoms with Gasteiger partial charge in [-0.3, -0.25) is 4.79 Å². The second-order valence-electron chi connectivity index (χ2n) is 1.94. The summed E-state index contributed by atoms with van der Waals surface area (Å²) in [4.78, 5) is 10.4. The first-order valence-corrected chi connectivity index (χ1v) is 2.79. The molecule has 0 bridgehead atoms. The summed E-state index contributed by atoms with van der Waals surface area (Å²) in [6.07, 6.45) is 2.31. The predicted octanol–water partition coefficient (Wildman–Crippen LogP) is -0.188. The van der Waals surface area contributed by atoms with E-state index in [1.165, 1.54) is 6.20 Å². The van der Waals surface area contributed by atoms with Gasteiger partial charge in [-0.15, -0.1) is 0 Å². The normalized spacial score (nSPS) is 16.9. The van der Waals surface area contributed by atoms with Gasteiger partial charge in [0.1, 0.15) is 5.83 Å². The maximum Gasteiger partial charge on any atom is 0.246 e. The third-order valence-electron chi connectivity index (χ3n) is 1.16. The lowest BCUT2D eigenvalue weighted by molar-refractivity contribution is -0.114. The Morgan fingerprint density at radius 2 is 2.50 bits per heavy atom. The molecule has 0 saturated heterocycles. The molecule has 1 amide bonds. The number of rotatable bonds is 1. The van der Waals surface area contributed by atoms with Crippen LogP contribution >= 0.6 is 0 Å². The Hall–Kier alpha value is -1.32. The Bertz CT molecular complexity index is 220. The van der Waals surface area contributed by atoms with Crippen LogP contribution in [0.4, 0.5) is 4.39 Å². The Morgan fingerprint density at radius 1 is 1.80 bits per heavy atom. The maximum absolute atomic E-state index is 12.3. The summed E-state index contributed by atoms with van der Waals surface area (Å²) in [6, 6.07) is 0. The van der Waals surface area contributed by atoms with Crippen molar-refractivity contribution < 1.29 is 9.18 Å². The number of allylic oxidation sites excluding steroid dienone is 2.